The summed E-state index contributed by atoms with van der Waals surface area (Å²) in [5, 5.41) is 9.02. The molecule has 1 unspecified atom stereocenters. The molecule has 1 heterocycles. The fourth-order valence-corrected chi connectivity index (χ4v) is 3.90. The Hall–Kier alpha value is -1.80. The number of para-hydroxylation sites is 1. The first-order valence-corrected chi connectivity index (χ1v) is 8.69. The van der Waals surface area contributed by atoms with E-state index in [1.807, 2.05) is 20.8 Å². The fourth-order valence-electron chi connectivity index (χ4n) is 2.50. The van der Waals surface area contributed by atoms with Crippen molar-refractivity contribution in [2.45, 2.75) is 44.6 Å². The van der Waals surface area contributed by atoms with Gasteiger partial charge in [-0.2, -0.15) is 0 Å². The van der Waals surface area contributed by atoms with Gasteiger partial charge in [0.25, 0.3) is 0 Å². The van der Waals surface area contributed by atoms with E-state index in [0.717, 1.165) is 0 Å². The number of fused-ring (bicyclic) bond motifs is 1. The summed E-state index contributed by atoms with van der Waals surface area (Å²) >= 11 is 0. The predicted octanol–water partition coefficient (Wildman–Crippen LogP) is 1.97. The van der Waals surface area contributed by atoms with Crippen LogP contribution in [0.1, 0.15) is 33.6 Å². The molecule has 1 aromatic carbocycles. The number of benzene rings is 1. The summed E-state index contributed by atoms with van der Waals surface area (Å²) in [6.45, 7) is 5.73. The average molecular weight is 343 g/mol. The smallest absolute Gasteiger partial charge is 0.304 e. The molecule has 0 aromatic heterocycles. The van der Waals surface area contributed by atoms with Gasteiger partial charge < -0.3 is 14.6 Å². The number of ether oxygens (including phenoxy) is 2. The van der Waals surface area contributed by atoms with Crippen molar-refractivity contribution in [1.29, 1.82) is 0 Å². The molecule has 0 fully saturated rings. The van der Waals surface area contributed by atoms with E-state index in [1.54, 1.807) is 12.1 Å². The van der Waals surface area contributed by atoms with Crippen molar-refractivity contribution in [3.63, 3.8) is 0 Å². The van der Waals surface area contributed by atoms with E-state index in [-0.39, 0.29) is 29.3 Å². The van der Waals surface area contributed by atoms with Crippen molar-refractivity contribution >= 4 is 16.0 Å². The Morgan fingerprint density at radius 1 is 1.35 bits per heavy atom. The van der Waals surface area contributed by atoms with Crippen molar-refractivity contribution in [3.05, 3.63) is 18.2 Å². The van der Waals surface area contributed by atoms with Gasteiger partial charge in [-0.15, -0.1) is 0 Å². The van der Waals surface area contributed by atoms with Crippen molar-refractivity contribution in [1.82, 2.24) is 4.72 Å². The molecular formula is C15H21NO6S. The topological polar surface area (TPSA) is 102 Å². The summed E-state index contributed by atoms with van der Waals surface area (Å²) in [7, 11) is -3.92. The zero-order valence-corrected chi connectivity index (χ0v) is 14.1. The summed E-state index contributed by atoms with van der Waals surface area (Å²) in [5.74, 6) is -0.539. The molecule has 7 nitrogen and oxygen atoms in total. The largest absolute Gasteiger partial charge is 0.481 e. The van der Waals surface area contributed by atoms with Gasteiger partial charge in [0.1, 0.15) is 4.90 Å². The van der Waals surface area contributed by atoms with Crippen molar-refractivity contribution in [2.75, 3.05) is 6.79 Å². The number of carbonyl (C=O) groups is 1. The van der Waals surface area contributed by atoms with Gasteiger partial charge in [0.05, 0.1) is 6.42 Å². The molecule has 0 bridgehead atoms. The second kappa shape index (κ2) is 6.37. The van der Waals surface area contributed by atoms with Crippen molar-refractivity contribution in [3.8, 4) is 11.5 Å². The second-order valence-corrected chi connectivity index (χ2v) is 8.35. The molecule has 0 spiro atoms. The highest BCUT2D eigenvalue weighted by Gasteiger charge is 2.30. The lowest BCUT2D eigenvalue weighted by molar-refractivity contribution is -0.137. The molecule has 128 valence electrons. The number of rotatable bonds is 6. The Kier molecular flexibility index (Phi) is 4.86. The van der Waals surface area contributed by atoms with Crippen LogP contribution in [-0.4, -0.2) is 32.3 Å². The quantitative estimate of drug-likeness (QED) is 0.819. The van der Waals surface area contributed by atoms with Gasteiger partial charge >= 0.3 is 5.97 Å². The highest BCUT2D eigenvalue weighted by Crippen LogP contribution is 2.38. The standard InChI is InChI=1S/C15H21NO6S/c1-15(2,3)8-10(7-13(17)18)16-23(19,20)12-6-4-5-11-14(12)22-9-21-11/h4-6,10,16H,7-9H2,1-3H3,(H,17,18). The molecule has 0 saturated heterocycles. The third kappa shape index (κ3) is 4.59. The lowest BCUT2D eigenvalue weighted by Crippen LogP contribution is -2.39. The van der Waals surface area contributed by atoms with Gasteiger partial charge in [0.2, 0.25) is 16.8 Å². The van der Waals surface area contributed by atoms with Gasteiger partial charge in [0.15, 0.2) is 11.5 Å². The van der Waals surface area contributed by atoms with Gasteiger partial charge in [-0.25, -0.2) is 13.1 Å². The van der Waals surface area contributed by atoms with Gasteiger partial charge in [-0.1, -0.05) is 26.8 Å². The number of sulfonamides is 1. The van der Waals surface area contributed by atoms with Gasteiger partial charge in [0, 0.05) is 6.04 Å². The molecule has 23 heavy (non-hydrogen) atoms. The first-order chi connectivity index (χ1) is 10.6. The number of hydrogen-bond acceptors (Lipinski definition) is 5. The van der Waals surface area contributed by atoms with Gasteiger partial charge in [-0.05, 0) is 24.0 Å². The Labute approximate surface area is 135 Å². The van der Waals surface area contributed by atoms with E-state index in [4.69, 9.17) is 14.6 Å². The highest BCUT2D eigenvalue weighted by atomic mass is 32.2. The van der Waals surface area contributed by atoms with Crippen LogP contribution in [0.5, 0.6) is 11.5 Å². The molecule has 0 aliphatic carbocycles. The van der Waals surface area contributed by atoms with Crippen LogP contribution in [0.15, 0.2) is 23.1 Å². The van der Waals surface area contributed by atoms with Crippen molar-refractivity contribution in [2.24, 2.45) is 5.41 Å². The van der Waals surface area contributed by atoms with Crippen LogP contribution in [0.3, 0.4) is 0 Å². The predicted molar refractivity (Wildman–Crippen MR) is 83.0 cm³/mol. The third-order valence-corrected chi connectivity index (χ3v) is 4.80. The SMILES string of the molecule is CC(C)(C)CC(CC(=O)O)NS(=O)(=O)c1cccc2c1OCO2. The van der Waals surface area contributed by atoms with E-state index in [0.29, 0.717) is 12.2 Å². The monoisotopic (exact) mass is 343 g/mol. The summed E-state index contributed by atoms with van der Waals surface area (Å²) in [6.07, 6.45) is 0.105. The van der Waals surface area contributed by atoms with E-state index in [2.05, 4.69) is 4.72 Å². The molecule has 0 saturated carbocycles. The first kappa shape index (κ1) is 17.6. The minimum absolute atomic E-state index is 0.0393. The normalized spacial score (nSPS) is 15.4. The summed E-state index contributed by atoms with van der Waals surface area (Å²) in [4.78, 5) is 11.0. The Balaban J connectivity index is 2.28. The third-order valence-electron chi connectivity index (χ3n) is 3.25. The average Bonchev–Trinajstić information content (AvgIpc) is 2.82. The molecular weight excluding hydrogens is 322 g/mol. The minimum atomic E-state index is -3.92. The minimum Gasteiger partial charge on any atom is -0.481 e. The maximum atomic E-state index is 12.6. The van der Waals surface area contributed by atoms with Crippen LogP contribution in [0.25, 0.3) is 0 Å². The van der Waals surface area contributed by atoms with Crippen LogP contribution in [0.4, 0.5) is 0 Å². The molecule has 8 heteroatoms. The van der Waals surface area contributed by atoms with Crippen LogP contribution in [0, 0.1) is 5.41 Å². The van der Waals surface area contributed by atoms with Crippen LogP contribution >= 0.6 is 0 Å². The van der Waals surface area contributed by atoms with Gasteiger partial charge in [-0.3, -0.25) is 4.79 Å². The van der Waals surface area contributed by atoms with Crippen LogP contribution in [0.2, 0.25) is 0 Å². The molecule has 1 aliphatic rings. The fraction of sp³-hybridized carbons (Fsp3) is 0.533. The van der Waals surface area contributed by atoms with E-state index < -0.39 is 22.0 Å². The van der Waals surface area contributed by atoms with E-state index >= 15 is 0 Å². The number of carboxylic acid groups (broad SMARTS) is 1. The summed E-state index contributed by atoms with van der Waals surface area (Å²) in [5.41, 5.74) is -0.221. The molecule has 2 N–H and O–H groups in total. The maximum Gasteiger partial charge on any atom is 0.304 e. The van der Waals surface area contributed by atoms with Crippen molar-refractivity contribution < 1.29 is 27.8 Å². The number of carboxylic acids is 1. The Bertz CT molecular complexity index is 692. The molecule has 0 radical (unpaired) electrons. The first-order valence-electron chi connectivity index (χ1n) is 7.21. The van der Waals surface area contributed by atoms with Crippen LogP contribution < -0.4 is 14.2 Å². The Morgan fingerprint density at radius 3 is 2.65 bits per heavy atom. The lowest BCUT2D eigenvalue weighted by Gasteiger charge is -2.25. The molecule has 1 aromatic rings. The highest BCUT2D eigenvalue weighted by molar-refractivity contribution is 7.89. The zero-order chi connectivity index (χ0) is 17.3. The maximum absolute atomic E-state index is 12.6. The van der Waals surface area contributed by atoms with E-state index in [9.17, 15) is 13.2 Å². The number of hydrogen-bond donors (Lipinski definition) is 2. The van der Waals surface area contributed by atoms with E-state index in [1.165, 1.54) is 6.07 Å². The molecule has 1 atom stereocenters. The zero-order valence-electron chi connectivity index (χ0n) is 13.3. The number of aliphatic carboxylic acids is 1. The lowest BCUT2D eigenvalue weighted by atomic mass is 9.87. The second-order valence-electron chi connectivity index (χ2n) is 6.67. The summed E-state index contributed by atoms with van der Waals surface area (Å²) < 4.78 is 38.1. The molecule has 2 rings (SSSR count). The molecule has 1 aliphatic heterocycles. The summed E-state index contributed by atoms with van der Waals surface area (Å²) in [6, 6.07) is 3.87. The molecule has 0 amide bonds. The van der Waals surface area contributed by atoms with Crippen LogP contribution in [-0.2, 0) is 14.8 Å². The number of nitrogens with one attached hydrogen (secondary N) is 1. The Morgan fingerprint density at radius 2 is 2.04 bits per heavy atom.